The van der Waals surface area contributed by atoms with Crippen LogP contribution in [-0.2, 0) is 16.1 Å². The van der Waals surface area contributed by atoms with Crippen molar-refractivity contribution in [3.8, 4) is 11.3 Å². The number of benzene rings is 2. The maximum absolute atomic E-state index is 14.8. The number of amides is 2. The minimum Gasteiger partial charge on any atom is -0.394 e. The van der Waals surface area contributed by atoms with Gasteiger partial charge in [0.2, 0.25) is 5.91 Å². The fourth-order valence-electron chi connectivity index (χ4n) is 4.17. The van der Waals surface area contributed by atoms with Gasteiger partial charge in [-0.1, -0.05) is 12.1 Å². The molecule has 1 aromatic heterocycles. The van der Waals surface area contributed by atoms with E-state index in [0.29, 0.717) is 28.1 Å². The molecule has 1 unspecified atom stereocenters. The number of hydrogen-bond donors (Lipinski definition) is 2. The number of rotatable bonds is 6. The van der Waals surface area contributed by atoms with Gasteiger partial charge in [0.25, 0.3) is 5.91 Å². The molecule has 1 aliphatic heterocycles. The molecule has 9 heteroatoms. The van der Waals surface area contributed by atoms with Gasteiger partial charge in [-0.3, -0.25) is 14.3 Å². The number of nitrogens with zero attached hydrogens (tertiary/aromatic N) is 3. The van der Waals surface area contributed by atoms with Crippen molar-refractivity contribution in [1.82, 2.24) is 14.7 Å². The van der Waals surface area contributed by atoms with E-state index >= 15 is 0 Å². The standard InChI is InChI=1S/C26H26F2N4O3/c1-15-10-22(28)20(24-11-16(2)32(30-24)8-9-33)12-23(15)29-26(35)21-14-31(3)25(34)13-19(21)17-4-6-18(27)7-5-17/h4-7,10-12,14,19,33H,8-9,13H2,1-3H3,(H,29,35). The van der Waals surface area contributed by atoms with Gasteiger partial charge in [-0.15, -0.1) is 0 Å². The summed E-state index contributed by atoms with van der Waals surface area (Å²) in [4.78, 5) is 27.1. The molecule has 0 saturated heterocycles. The fourth-order valence-corrected chi connectivity index (χ4v) is 4.17. The first kappa shape index (κ1) is 24.3. The monoisotopic (exact) mass is 480 g/mol. The van der Waals surface area contributed by atoms with Gasteiger partial charge in [0, 0.05) is 48.1 Å². The Morgan fingerprint density at radius 3 is 2.57 bits per heavy atom. The second-order valence-corrected chi connectivity index (χ2v) is 8.62. The third kappa shape index (κ3) is 5.00. The molecule has 4 rings (SSSR count). The third-order valence-corrected chi connectivity index (χ3v) is 6.15. The lowest BCUT2D eigenvalue weighted by Crippen LogP contribution is -2.33. The Morgan fingerprint density at radius 1 is 1.17 bits per heavy atom. The van der Waals surface area contributed by atoms with Crippen molar-refractivity contribution >= 4 is 17.5 Å². The van der Waals surface area contributed by atoms with Crippen LogP contribution in [0.5, 0.6) is 0 Å². The molecule has 0 bridgehead atoms. The van der Waals surface area contributed by atoms with Gasteiger partial charge in [0.15, 0.2) is 0 Å². The van der Waals surface area contributed by atoms with E-state index in [0.717, 1.165) is 5.69 Å². The lowest BCUT2D eigenvalue weighted by atomic mass is 9.85. The molecule has 182 valence electrons. The van der Waals surface area contributed by atoms with Gasteiger partial charge < -0.3 is 15.3 Å². The van der Waals surface area contributed by atoms with Gasteiger partial charge in [-0.2, -0.15) is 5.10 Å². The van der Waals surface area contributed by atoms with Crippen molar-refractivity contribution in [3.05, 3.63) is 82.7 Å². The zero-order valence-corrected chi connectivity index (χ0v) is 19.7. The molecule has 0 spiro atoms. The van der Waals surface area contributed by atoms with Crippen molar-refractivity contribution in [3.63, 3.8) is 0 Å². The third-order valence-electron chi connectivity index (χ3n) is 6.15. The predicted octanol–water partition coefficient (Wildman–Crippen LogP) is 3.91. The molecular formula is C26H26F2N4O3. The summed E-state index contributed by atoms with van der Waals surface area (Å²) < 4.78 is 29.9. The summed E-state index contributed by atoms with van der Waals surface area (Å²) in [5, 5.41) is 16.4. The molecule has 1 aliphatic rings. The van der Waals surface area contributed by atoms with Gasteiger partial charge in [-0.05, 0) is 55.3 Å². The zero-order valence-electron chi connectivity index (χ0n) is 19.7. The molecule has 2 amide bonds. The smallest absolute Gasteiger partial charge is 0.253 e. The van der Waals surface area contributed by atoms with Gasteiger partial charge in [0.1, 0.15) is 11.6 Å². The molecule has 0 fully saturated rings. The summed E-state index contributed by atoms with van der Waals surface area (Å²) in [6.45, 7) is 3.68. The fraction of sp³-hybridized carbons (Fsp3) is 0.269. The van der Waals surface area contributed by atoms with E-state index in [1.807, 2.05) is 6.92 Å². The second-order valence-electron chi connectivity index (χ2n) is 8.62. The van der Waals surface area contributed by atoms with Crippen LogP contribution in [0.25, 0.3) is 11.3 Å². The highest BCUT2D eigenvalue weighted by atomic mass is 19.1. The summed E-state index contributed by atoms with van der Waals surface area (Å²) in [6, 6.07) is 10.3. The number of aryl methyl sites for hydroxylation is 2. The van der Waals surface area contributed by atoms with Crippen LogP contribution in [0.1, 0.15) is 29.2 Å². The molecule has 7 nitrogen and oxygen atoms in total. The number of anilines is 1. The number of carbonyl (C=O) groups is 2. The van der Waals surface area contributed by atoms with E-state index in [2.05, 4.69) is 10.4 Å². The van der Waals surface area contributed by atoms with Gasteiger partial charge in [-0.25, -0.2) is 8.78 Å². The lowest BCUT2D eigenvalue weighted by Gasteiger charge is -2.28. The molecule has 35 heavy (non-hydrogen) atoms. The Morgan fingerprint density at radius 2 is 1.89 bits per heavy atom. The number of aromatic nitrogens is 2. The minimum atomic E-state index is -0.545. The first-order valence-corrected chi connectivity index (χ1v) is 11.2. The van der Waals surface area contributed by atoms with Gasteiger partial charge in [0.05, 0.1) is 18.8 Å². The average Bonchev–Trinajstić information content (AvgIpc) is 3.17. The lowest BCUT2D eigenvalue weighted by molar-refractivity contribution is -0.128. The largest absolute Gasteiger partial charge is 0.394 e. The highest BCUT2D eigenvalue weighted by Crippen LogP contribution is 2.34. The molecular weight excluding hydrogens is 454 g/mol. The molecule has 0 radical (unpaired) electrons. The second kappa shape index (κ2) is 9.79. The molecule has 2 N–H and O–H groups in total. The topological polar surface area (TPSA) is 87.5 Å². The highest BCUT2D eigenvalue weighted by Gasteiger charge is 2.31. The Balaban J connectivity index is 1.67. The van der Waals surface area contributed by atoms with Crippen LogP contribution < -0.4 is 5.32 Å². The quantitative estimate of drug-likeness (QED) is 0.560. The number of aliphatic hydroxyl groups is 1. The Labute approximate surface area is 201 Å². The van der Waals surface area contributed by atoms with Crippen LogP contribution in [0.3, 0.4) is 0 Å². The average molecular weight is 481 g/mol. The Bertz CT molecular complexity index is 1310. The van der Waals surface area contributed by atoms with Crippen LogP contribution >= 0.6 is 0 Å². The van der Waals surface area contributed by atoms with Crippen LogP contribution in [0, 0.1) is 25.5 Å². The summed E-state index contributed by atoms with van der Waals surface area (Å²) in [5.74, 6) is -2.04. The number of nitrogens with one attached hydrogen (secondary N) is 1. The maximum Gasteiger partial charge on any atom is 0.253 e. The van der Waals surface area contributed by atoms with Crippen LogP contribution in [-0.4, -0.2) is 45.3 Å². The van der Waals surface area contributed by atoms with Crippen molar-refractivity contribution < 1.29 is 23.5 Å². The van der Waals surface area contributed by atoms with E-state index in [1.165, 1.54) is 35.4 Å². The highest BCUT2D eigenvalue weighted by molar-refractivity contribution is 6.07. The van der Waals surface area contributed by atoms with E-state index in [1.54, 1.807) is 36.9 Å². The summed E-state index contributed by atoms with van der Waals surface area (Å²) >= 11 is 0. The number of carbonyl (C=O) groups excluding carboxylic acids is 2. The normalized spacial score (nSPS) is 15.8. The van der Waals surface area contributed by atoms with Crippen LogP contribution in [0.4, 0.5) is 14.5 Å². The van der Waals surface area contributed by atoms with E-state index in [-0.39, 0.29) is 31.0 Å². The van der Waals surface area contributed by atoms with Crippen molar-refractivity contribution in [2.24, 2.45) is 0 Å². The SMILES string of the molecule is Cc1cc(F)c(-c2cc(C)n(CCO)n2)cc1NC(=O)C1=CN(C)C(=O)CC1c1ccc(F)cc1. The first-order valence-electron chi connectivity index (χ1n) is 11.2. The minimum absolute atomic E-state index is 0.0661. The van der Waals surface area contributed by atoms with Crippen LogP contribution in [0.2, 0.25) is 0 Å². The van der Waals surface area contributed by atoms with Crippen molar-refractivity contribution in [2.75, 3.05) is 19.0 Å². The Kier molecular flexibility index (Phi) is 6.79. The Hall–Kier alpha value is -3.85. The molecule has 0 aliphatic carbocycles. The number of aliphatic hydroxyl groups excluding tert-OH is 1. The summed E-state index contributed by atoms with van der Waals surface area (Å²) in [6.07, 6.45) is 1.55. The number of hydrogen-bond acceptors (Lipinski definition) is 4. The van der Waals surface area contributed by atoms with Crippen LogP contribution in [0.15, 0.2) is 54.2 Å². The molecule has 0 saturated carbocycles. The molecule has 2 heterocycles. The maximum atomic E-state index is 14.8. The van der Waals surface area contributed by atoms with E-state index in [4.69, 9.17) is 0 Å². The molecule has 1 atom stereocenters. The van der Waals surface area contributed by atoms with Crippen molar-refractivity contribution in [1.29, 1.82) is 0 Å². The first-order chi connectivity index (χ1) is 16.7. The summed E-state index contributed by atoms with van der Waals surface area (Å²) in [5.41, 5.74) is 3.27. The number of halogens is 2. The molecule has 2 aromatic carbocycles. The molecule has 3 aromatic rings. The predicted molar refractivity (Wildman–Crippen MR) is 127 cm³/mol. The van der Waals surface area contributed by atoms with Crippen molar-refractivity contribution in [2.45, 2.75) is 32.7 Å². The zero-order chi connectivity index (χ0) is 25.3. The van der Waals surface area contributed by atoms with E-state index in [9.17, 15) is 23.5 Å². The van der Waals surface area contributed by atoms with E-state index < -0.39 is 23.5 Å². The van der Waals surface area contributed by atoms with Gasteiger partial charge >= 0.3 is 0 Å². The summed E-state index contributed by atoms with van der Waals surface area (Å²) in [7, 11) is 1.57.